The molecule has 1 aliphatic carbocycles. The average Bonchev–Trinajstić information content (AvgIpc) is 3.33. The van der Waals surface area contributed by atoms with Crippen LogP contribution in [0.5, 0.6) is 0 Å². The molecule has 0 atom stereocenters. The van der Waals surface area contributed by atoms with Gasteiger partial charge in [-0.1, -0.05) is 86.6 Å². The maximum Gasteiger partial charge on any atom is 0.0561 e. The molecule has 1 aliphatic rings. The summed E-state index contributed by atoms with van der Waals surface area (Å²) in [6.45, 7) is 4.68. The first-order valence-corrected chi connectivity index (χ1v) is 12.2. The zero-order chi connectivity index (χ0) is 23.6. The van der Waals surface area contributed by atoms with Gasteiger partial charge in [0, 0.05) is 33.2 Å². The van der Waals surface area contributed by atoms with Crippen molar-refractivity contribution in [2.45, 2.75) is 19.3 Å². The Bertz CT molecular complexity index is 1740. The highest BCUT2D eigenvalue weighted by molar-refractivity contribution is 6.10. The molecule has 6 aromatic rings. The van der Waals surface area contributed by atoms with Crippen molar-refractivity contribution in [1.29, 1.82) is 0 Å². The van der Waals surface area contributed by atoms with Crippen LogP contribution in [0.2, 0.25) is 0 Å². The molecule has 0 amide bonds. The van der Waals surface area contributed by atoms with Crippen LogP contribution in [0.25, 0.3) is 38.6 Å². The molecule has 0 saturated heterocycles. The minimum Gasteiger partial charge on any atom is -0.355 e. The highest BCUT2D eigenvalue weighted by Gasteiger charge is 2.35. The molecule has 1 heterocycles. The predicted octanol–water partition coefficient (Wildman–Crippen LogP) is 8.83. The second kappa shape index (κ2) is 7.35. The SMILES string of the molecule is CC1(C)c2ccccc2-c2ccc(-n3c4ccccc4c4ccc(Nc5ccccc5)cc43)cc21. The molecule has 2 nitrogen and oxygen atoms in total. The molecule has 1 aromatic heterocycles. The summed E-state index contributed by atoms with van der Waals surface area (Å²) in [5.41, 5.74) is 11.3. The molecule has 0 unspecified atom stereocenters. The second-order valence-electron chi connectivity index (χ2n) is 9.98. The third-order valence-corrected chi connectivity index (χ3v) is 7.56. The van der Waals surface area contributed by atoms with Crippen molar-refractivity contribution in [3.8, 4) is 16.8 Å². The number of hydrogen-bond acceptors (Lipinski definition) is 1. The van der Waals surface area contributed by atoms with Gasteiger partial charge in [0.15, 0.2) is 0 Å². The Morgan fingerprint density at radius 3 is 2.14 bits per heavy atom. The fraction of sp³-hybridized carbons (Fsp3) is 0.0909. The number of hydrogen-bond donors (Lipinski definition) is 1. The zero-order valence-corrected chi connectivity index (χ0v) is 19.9. The molecule has 0 saturated carbocycles. The van der Waals surface area contributed by atoms with Crippen LogP contribution < -0.4 is 5.32 Å². The fourth-order valence-corrected chi connectivity index (χ4v) is 5.85. The van der Waals surface area contributed by atoms with E-state index in [9.17, 15) is 0 Å². The van der Waals surface area contributed by atoms with Crippen LogP contribution in [0.3, 0.4) is 0 Å². The Morgan fingerprint density at radius 2 is 1.26 bits per heavy atom. The normalized spacial score (nSPS) is 13.7. The maximum absolute atomic E-state index is 3.57. The van der Waals surface area contributed by atoms with Gasteiger partial charge in [-0.25, -0.2) is 0 Å². The van der Waals surface area contributed by atoms with Crippen LogP contribution in [0.15, 0.2) is 115 Å². The number of nitrogens with one attached hydrogen (secondary N) is 1. The number of nitrogens with zero attached hydrogens (tertiary/aromatic N) is 1. The van der Waals surface area contributed by atoms with E-state index in [0.717, 1.165) is 11.4 Å². The molecule has 5 aromatic carbocycles. The Balaban J connectivity index is 1.45. The molecule has 0 spiro atoms. The first-order valence-electron chi connectivity index (χ1n) is 12.2. The molecular weight excluding hydrogens is 424 g/mol. The van der Waals surface area contributed by atoms with Crippen LogP contribution in [0.4, 0.5) is 11.4 Å². The number of benzene rings is 5. The molecule has 0 fully saturated rings. The number of aromatic nitrogens is 1. The van der Waals surface area contributed by atoms with Gasteiger partial charge in [0.2, 0.25) is 0 Å². The van der Waals surface area contributed by atoms with E-state index >= 15 is 0 Å². The Kier molecular flexibility index (Phi) is 4.22. The third-order valence-electron chi connectivity index (χ3n) is 7.56. The van der Waals surface area contributed by atoms with E-state index in [1.165, 1.54) is 49.7 Å². The van der Waals surface area contributed by atoms with Gasteiger partial charge in [-0.05, 0) is 64.7 Å². The van der Waals surface area contributed by atoms with Crippen molar-refractivity contribution in [3.05, 3.63) is 126 Å². The summed E-state index contributed by atoms with van der Waals surface area (Å²) in [6.07, 6.45) is 0. The van der Waals surface area contributed by atoms with E-state index < -0.39 is 0 Å². The lowest BCUT2D eigenvalue weighted by Gasteiger charge is -2.22. The summed E-state index contributed by atoms with van der Waals surface area (Å²) in [5.74, 6) is 0. The lowest BCUT2D eigenvalue weighted by atomic mass is 9.82. The van der Waals surface area contributed by atoms with Gasteiger partial charge in [-0.15, -0.1) is 0 Å². The average molecular weight is 451 g/mol. The Labute approximate surface area is 205 Å². The van der Waals surface area contributed by atoms with Crippen LogP contribution >= 0.6 is 0 Å². The maximum atomic E-state index is 3.57. The highest BCUT2D eigenvalue weighted by Crippen LogP contribution is 2.49. The summed E-state index contributed by atoms with van der Waals surface area (Å²) in [7, 11) is 0. The van der Waals surface area contributed by atoms with E-state index in [2.05, 4.69) is 133 Å². The van der Waals surface area contributed by atoms with Gasteiger partial charge >= 0.3 is 0 Å². The molecule has 0 bridgehead atoms. The molecule has 1 N–H and O–H groups in total. The Hall–Kier alpha value is -4.30. The van der Waals surface area contributed by atoms with E-state index in [4.69, 9.17) is 0 Å². The number of rotatable bonds is 3. The van der Waals surface area contributed by atoms with E-state index in [1.54, 1.807) is 0 Å². The quantitative estimate of drug-likeness (QED) is 0.285. The van der Waals surface area contributed by atoms with Crippen molar-refractivity contribution in [3.63, 3.8) is 0 Å². The summed E-state index contributed by atoms with van der Waals surface area (Å²) < 4.78 is 2.42. The first kappa shape index (κ1) is 20.1. The first-order chi connectivity index (χ1) is 17.1. The standard InChI is InChI=1S/C33H26N2/c1-33(2)29-14-8-6-12-25(29)26-19-17-24(21-30(26)33)35-31-15-9-7-13-27(31)28-18-16-23(20-32(28)35)34-22-10-4-3-5-11-22/h3-21,34H,1-2H3. The number of para-hydroxylation sites is 2. The van der Waals surface area contributed by atoms with Crippen molar-refractivity contribution in [2.75, 3.05) is 5.32 Å². The van der Waals surface area contributed by atoms with Gasteiger partial charge in [0.05, 0.1) is 11.0 Å². The van der Waals surface area contributed by atoms with E-state index in [-0.39, 0.29) is 5.41 Å². The lowest BCUT2D eigenvalue weighted by molar-refractivity contribution is 0.660. The second-order valence-corrected chi connectivity index (χ2v) is 9.98. The van der Waals surface area contributed by atoms with Crippen LogP contribution in [0.1, 0.15) is 25.0 Å². The molecule has 2 heteroatoms. The van der Waals surface area contributed by atoms with Crippen molar-refractivity contribution < 1.29 is 0 Å². The fourth-order valence-electron chi connectivity index (χ4n) is 5.85. The molecule has 0 radical (unpaired) electrons. The molecule has 7 rings (SSSR count). The van der Waals surface area contributed by atoms with Crippen LogP contribution in [-0.2, 0) is 5.41 Å². The zero-order valence-electron chi connectivity index (χ0n) is 19.9. The minimum absolute atomic E-state index is 0.0271. The van der Waals surface area contributed by atoms with Crippen molar-refractivity contribution in [2.24, 2.45) is 0 Å². The number of fused-ring (bicyclic) bond motifs is 6. The predicted molar refractivity (Wildman–Crippen MR) is 148 cm³/mol. The molecule has 35 heavy (non-hydrogen) atoms. The van der Waals surface area contributed by atoms with Gasteiger partial charge in [0.1, 0.15) is 0 Å². The molecular formula is C33H26N2. The van der Waals surface area contributed by atoms with Gasteiger partial charge in [0.25, 0.3) is 0 Å². The van der Waals surface area contributed by atoms with Crippen molar-refractivity contribution in [1.82, 2.24) is 4.57 Å². The topological polar surface area (TPSA) is 17.0 Å². The third kappa shape index (κ3) is 2.96. The van der Waals surface area contributed by atoms with Crippen LogP contribution in [0, 0.1) is 0 Å². The summed E-state index contributed by atoms with van der Waals surface area (Å²) in [4.78, 5) is 0. The number of anilines is 2. The summed E-state index contributed by atoms with van der Waals surface area (Å²) >= 11 is 0. The van der Waals surface area contributed by atoms with Gasteiger partial charge < -0.3 is 9.88 Å². The lowest BCUT2D eigenvalue weighted by Crippen LogP contribution is -2.15. The molecule has 0 aliphatic heterocycles. The van der Waals surface area contributed by atoms with Crippen molar-refractivity contribution >= 4 is 33.2 Å². The van der Waals surface area contributed by atoms with Crippen LogP contribution in [-0.4, -0.2) is 4.57 Å². The van der Waals surface area contributed by atoms with E-state index in [0.29, 0.717) is 0 Å². The smallest absolute Gasteiger partial charge is 0.0561 e. The van der Waals surface area contributed by atoms with Gasteiger partial charge in [-0.3, -0.25) is 0 Å². The van der Waals surface area contributed by atoms with E-state index in [1.807, 2.05) is 6.07 Å². The van der Waals surface area contributed by atoms with Gasteiger partial charge in [-0.2, -0.15) is 0 Å². The Morgan fingerprint density at radius 1 is 0.543 bits per heavy atom. The largest absolute Gasteiger partial charge is 0.355 e. The molecule has 168 valence electrons. The monoisotopic (exact) mass is 450 g/mol. The minimum atomic E-state index is -0.0271. The summed E-state index contributed by atoms with van der Waals surface area (Å²) in [5, 5.41) is 6.11. The summed E-state index contributed by atoms with van der Waals surface area (Å²) in [6, 6.07) is 41.6. The highest BCUT2D eigenvalue weighted by atomic mass is 15.0.